The molecule has 1 rings (SSSR count). The zero-order valence-electron chi connectivity index (χ0n) is 7.59. The van der Waals surface area contributed by atoms with Gasteiger partial charge in [-0.05, 0) is 12.1 Å². The fourth-order valence-corrected chi connectivity index (χ4v) is 0.939. The molecule has 1 aromatic carbocycles. The molecule has 4 nitrogen and oxygen atoms in total. The molecule has 0 atom stereocenters. The minimum Gasteiger partial charge on any atom is -0.272 e. The Morgan fingerprint density at radius 2 is 1.93 bits per heavy atom. The maximum atomic E-state index is 13.0. The molecule has 0 aliphatic carbocycles. The fraction of sp³-hybridized carbons (Fsp3) is 0.111. The van der Waals surface area contributed by atoms with Crippen molar-refractivity contribution in [3.8, 4) is 0 Å². The van der Waals surface area contributed by atoms with Gasteiger partial charge in [0.1, 0.15) is 11.7 Å². The number of rotatable bonds is 2. The summed E-state index contributed by atoms with van der Waals surface area (Å²) in [6, 6.07) is 5.43. The molecule has 0 radical (unpaired) electrons. The largest absolute Gasteiger partial charge is 0.272 e. The fourth-order valence-electron chi connectivity index (χ4n) is 0.873. The van der Waals surface area contributed by atoms with Crippen molar-refractivity contribution in [3.05, 3.63) is 35.6 Å². The molecule has 15 heavy (non-hydrogen) atoms. The lowest BCUT2D eigenvalue weighted by Crippen LogP contribution is -2.42. The first-order valence-electron chi connectivity index (χ1n) is 4.05. The molecule has 1 aromatic rings. The second-order valence-electron chi connectivity index (χ2n) is 2.62. The molecule has 0 heterocycles. The summed E-state index contributed by atoms with van der Waals surface area (Å²) in [4.78, 5) is 22.0. The van der Waals surface area contributed by atoms with Crippen molar-refractivity contribution < 1.29 is 14.0 Å². The van der Waals surface area contributed by atoms with Gasteiger partial charge in [0.15, 0.2) is 0 Å². The summed E-state index contributed by atoms with van der Waals surface area (Å²) < 4.78 is 13.0. The third kappa shape index (κ3) is 3.21. The summed E-state index contributed by atoms with van der Waals surface area (Å²) >= 11 is 5.18. The van der Waals surface area contributed by atoms with Crippen LogP contribution in [0, 0.1) is 5.82 Å². The summed E-state index contributed by atoms with van der Waals surface area (Å²) in [5, 5.41) is 0. The number of nitrogens with one attached hydrogen (secondary N) is 2. The Balaban J connectivity index is 2.62. The van der Waals surface area contributed by atoms with Crippen LogP contribution in [-0.2, 0) is 4.79 Å². The van der Waals surface area contributed by atoms with Gasteiger partial charge in [0.25, 0.3) is 11.8 Å². The first-order chi connectivity index (χ1) is 7.15. The predicted octanol–water partition coefficient (Wildman–Crippen LogP) is 0.825. The van der Waals surface area contributed by atoms with Gasteiger partial charge in [0, 0.05) is 0 Å². The van der Waals surface area contributed by atoms with Gasteiger partial charge in [-0.1, -0.05) is 12.1 Å². The van der Waals surface area contributed by atoms with Crippen molar-refractivity contribution in [3.63, 3.8) is 0 Å². The highest BCUT2D eigenvalue weighted by Crippen LogP contribution is 2.04. The normalized spacial score (nSPS) is 9.47. The molecule has 0 aliphatic heterocycles. The van der Waals surface area contributed by atoms with Gasteiger partial charge in [-0.2, -0.15) is 0 Å². The number of halogens is 2. The number of amides is 2. The number of carbonyl (C=O) groups is 2. The number of hydrogen-bond acceptors (Lipinski definition) is 2. The van der Waals surface area contributed by atoms with Crippen LogP contribution in [-0.4, -0.2) is 17.7 Å². The zero-order chi connectivity index (χ0) is 11.3. The average Bonchev–Trinajstić information content (AvgIpc) is 2.26. The lowest BCUT2D eigenvalue weighted by atomic mass is 10.2. The first kappa shape index (κ1) is 11.5. The Kier molecular flexibility index (Phi) is 4.05. The van der Waals surface area contributed by atoms with Crippen LogP contribution in [0.15, 0.2) is 24.3 Å². The van der Waals surface area contributed by atoms with Crippen molar-refractivity contribution >= 4 is 23.4 Å². The molecule has 0 saturated heterocycles. The molecule has 0 spiro atoms. The Morgan fingerprint density at radius 3 is 2.53 bits per heavy atom. The van der Waals surface area contributed by atoms with E-state index in [-0.39, 0.29) is 11.4 Å². The van der Waals surface area contributed by atoms with Crippen LogP contribution in [0.25, 0.3) is 0 Å². The number of carbonyl (C=O) groups excluding carboxylic acids is 2. The van der Waals surface area contributed by atoms with Crippen LogP contribution in [0.4, 0.5) is 4.39 Å². The number of hydrogen-bond donors (Lipinski definition) is 2. The molecule has 2 amide bonds. The second-order valence-corrected chi connectivity index (χ2v) is 2.88. The summed E-state index contributed by atoms with van der Waals surface area (Å²) in [5.74, 6) is -2.24. The molecular formula is C9H8ClFN2O2. The van der Waals surface area contributed by atoms with E-state index >= 15 is 0 Å². The van der Waals surface area contributed by atoms with E-state index in [0.29, 0.717) is 0 Å². The highest BCUT2D eigenvalue weighted by molar-refractivity contribution is 6.27. The molecule has 0 unspecified atom stereocenters. The summed E-state index contributed by atoms with van der Waals surface area (Å²) in [6.07, 6.45) is 0. The number of benzene rings is 1. The Bertz CT molecular complexity index is 384. The number of alkyl halides is 1. The smallest absolute Gasteiger partial charge is 0.272 e. The third-order valence-corrected chi connectivity index (χ3v) is 1.80. The molecule has 0 aliphatic rings. The van der Waals surface area contributed by atoms with E-state index in [2.05, 4.69) is 0 Å². The zero-order valence-corrected chi connectivity index (χ0v) is 8.34. The summed E-state index contributed by atoms with van der Waals surface area (Å²) in [7, 11) is 0. The molecule has 2 N–H and O–H groups in total. The molecule has 0 bridgehead atoms. The van der Waals surface area contributed by atoms with Crippen molar-refractivity contribution in [2.75, 3.05) is 5.88 Å². The highest BCUT2D eigenvalue weighted by Gasteiger charge is 2.10. The molecule has 0 fully saturated rings. The first-order valence-corrected chi connectivity index (χ1v) is 4.58. The molecule has 0 aromatic heterocycles. The van der Waals surface area contributed by atoms with Crippen LogP contribution in [0.3, 0.4) is 0 Å². The van der Waals surface area contributed by atoms with Crippen LogP contribution < -0.4 is 10.9 Å². The third-order valence-electron chi connectivity index (χ3n) is 1.56. The van der Waals surface area contributed by atoms with Crippen LogP contribution >= 0.6 is 11.6 Å². The lowest BCUT2D eigenvalue weighted by molar-refractivity contribution is -0.119. The SMILES string of the molecule is O=C(CCl)NNC(=O)c1ccccc1F. The maximum Gasteiger partial charge on any atom is 0.272 e. The van der Waals surface area contributed by atoms with Crippen molar-refractivity contribution in [2.24, 2.45) is 0 Å². The van der Waals surface area contributed by atoms with E-state index < -0.39 is 17.6 Å². The van der Waals surface area contributed by atoms with Gasteiger partial charge in [-0.3, -0.25) is 20.4 Å². The van der Waals surface area contributed by atoms with Crippen LogP contribution in [0.5, 0.6) is 0 Å². The minimum absolute atomic E-state index is 0.146. The summed E-state index contributed by atoms with van der Waals surface area (Å²) in [6.45, 7) is 0. The van der Waals surface area contributed by atoms with Crippen molar-refractivity contribution in [1.29, 1.82) is 0 Å². The minimum atomic E-state index is -0.730. The van der Waals surface area contributed by atoms with E-state index in [1.54, 1.807) is 0 Å². The Labute approximate surface area is 90.4 Å². The predicted molar refractivity (Wildman–Crippen MR) is 52.7 cm³/mol. The summed E-state index contributed by atoms with van der Waals surface area (Å²) in [5.41, 5.74) is 3.90. The van der Waals surface area contributed by atoms with E-state index in [1.165, 1.54) is 18.2 Å². The molecular weight excluding hydrogens is 223 g/mol. The van der Waals surface area contributed by atoms with E-state index in [1.807, 2.05) is 10.9 Å². The van der Waals surface area contributed by atoms with Crippen LogP contribution in [0.2, 0.25) is 0 Å². The van der Waals surface area contributed by atoms with E-state index in [0.717, 1.165) is 6.07 Å². The quantitative estimate of drug-likeness (QED) is 0.584. The second kappa shape index (κ2) is 5.31. The number of hydrazine groups is 1. The molecule has 6 heteroatoms. The Hall–Kier alpha value is -1.62. The van der Waals surface area contributed by atoms with Gasteiger partial charge < -0.3 is 0 Å². The van der Waals surface area contributed by atoms with Gasteiger partial charge in [0.2, 0.25) is 0 Å². The average molecular weight is 231 g/mol. The van der Waals surface area contributed by atoms with Gasteiger partial charge in [-0.25, -0.2) is 4.39 Å². The van der Waals surface area contributed by atoms with Crippen molar-refractivity contribution in [2.45, 2.75) is 0 Å². The molecule has 80 valence electrons. The Morgan fingerprint density at radius 1 is 1.27 bits per heavy atom. The van der Waals surface area contributed by atoms with E-state index in [9.17, 15) is 14.0 Å². The standard InChI is InChI=1S/C9H8ClFN2O2/c10-5-8(14)12-13-9(15)6-3-1-2-4-7(6)11/h1-4H,5H2,(H,12,14)(H,13,15). The maximum absolute atomic E-state index is 13.0. The monoisotopic (exact) mass is 230 g/mol. The van der Waals surface area contributed by atoms with Gasteiger partial charge in [0.05, 0.1) is 5.56 Å². The molecule has 0 saturated carbocycles. The highest BCUT2D eigenvalue weighted by atomic mass is 35.5. The van der Waals surface area contributed by atoms with Crippen LogP contribution in [0.1, 0.15) is 10.4 Å². The topological polar surface area (TPSA) is 58.2 Å². The lowest BCUT2D eigenvalue weighted by Gasteiger charge is -2.05. The van der Waals surface area contributed by atoms with Gasteiger partial charge >= 0.3 is 0 Å². The van der Waals surface area contributed by atoms with Gasteiger partial charge in [-0.15, -0.1) is 11.6 Å². The van der Waals surface area contributed by atoms with E-state index in [4.69, 9.17) is 11.6 Å². The van der Waals surface area contributed by atoms with Crippen molar-refractivity contribution in [1.82, 2.24) is 10.9 Å².